The number of carbonyl (C=O) groups is 1. The minimum Gasteiger partial charge on any atom is -0.330 e. The molecule has 0 spiro atoms. The highest BCUT2D eigenvalue weighted by Crippen LogP contribution is 2.39. The SMILES string of the molecule is CC1(C)C(CN)CC(=O)N1c1cccc(Cl)c1. The molecule has 2 rings (SSSR count). The molecule has 0 bridgehead atoms. The van der Waals surface area contributed by atoms with Crippen molar-refractivity contribution in [3.05, 3.63) is 29.3 Å². The summed E-state index contributed by atoms with van der Waals surface area (Å²) in [7, 11) is 0. The van der Waals surface area contributed by atoms with E-state index in [9.17, 15) is 4.79 Å². The largest absolute Gasteiger partial charge is 0.330 e. The number of hydrogen-bond donors (Lipinski definition) is 1. The molecule has 3 nitrogen and oxygen atoms in total. The van der Waals surface area contributed by atoms with E-state index >= 15 is 0 Å². The second-order valence-electron chi connectivity index (χ2n) is 5.00. The summed E-state index contributed by atoms with van der Waals surface area (Å²) in [6.45, 7) is 4.63. The number of halogens is 1. The van der Waals surface area contributed by atoms with Crippen LogP contribution in [0.4, 0.5) is 5.69 Å². The number of hydrogen-bond acceptors (Lipinski definition) is 2. The van der Waals surface area contributed by atoms with E-state index in [-0.39, 0.29) is 17.4 Å². The van der Waals surface area contributed by atoms with Crippen LogP contribution in [0.2, 0.25) is 5.02 Å². The lowest BCUT2D eigenvalue weighted by Crippen LogP contribution is -2.46. The molecule has 1 saturated heterocycles. The average molecular weight is 253 g/mol. The number of benzene rings is 1. The first-order valence-corrected chi connectivity index (χ1v) is 6.13. The highest BCUT2D eigenvalue weighted by atomic mass is 35.5. The van der Waals surface area contributed by atoms with Gasteiger partial charge in [0.25, 0.3) is 0 Å². The molecule has 2 N–H and O–H groups in total. The van der Waals surface area contributed by atoms with Crippen LogP contribution in [0.1, 0.15) is 20.3 Å². The molecule has 17 heavy (non-hydrogen) atoms. The smallest absolute Gasteiger partial charge is 0.227 e. The molecule has 1 aromatic rings. The van der Waals surface area contributed by atoms with Crippen molar-refractivity contribution >= 4 is 23.2 Å². The Hall–Kier alpha value is -1.06. The lowest BCUT2D eigenvalue weighted by molar-refractivity contribution is -0.117. The number of anilines is 1. The molecule has 1 amide bonds. The van der Waals surface area contributed by atoms with E-state index in [1.165, 1.54) is 0 Å². The maximum absolute atomic E-state index is 12.1. The van der Waals surface area contributed by atoms with E-state index in [4.69, 9.17) is 17.3 Å². The van der Waals surface area contributed by atoms with Gasteiger partial charge in [-0.1, -0.05) is 17.7 Å². The molecule has 0 saturated carbocycles. The Morgan fingerprint density at radius 3 is 2.76 bits per heavy atom. The van der Waals surface area contributed by atoms with E-state index in [1.807, 2.05) is 23.1 Å². The van der Waals surface area contributed by atoms with Gasteiger partial charge in [-0.25, -0.2) is 0 Å². The van der Waals surface area contributed by atoms with Gasteiger partial charge in [0.2, 0.25) is 5.91 Å². The van der Waals surface area contributed by atoms with Crippen LogP contribution in [0.15, 0.2) is 24.3 Å². The third-order valence-electron chi connectivity index (χ3n) is 3.60. The molecule has 1 heterocycles. The highest BCUT2D eigenvalue weighted by molar-refractivity contribution is 6.30. The number of amides is 1. The van der Waals surface area contributed by atoms with Crippen LogP contribution in [-0.2, 0) is 4.79 Å². The van der Waals surface area contributed by atoms with Gasteiger partial charge < -0.3 is 10.6 Å². The van der Waals surface area contributed by atoms with Gasteiger partial charge in [-0.2, -0.15) is 0 Å². The number of rotatable bonds is 2. The number of carbonyl (C=O) groups excluding carboxylic acids is 1. The van der Waals surface area contributed by atoms with Crippen LogP contribution in [0.5, 0.6) is 0 Å². The summed E-state index contributed by atoms with van der Waals surface area (Å²) in [5.74, 6) is 0.307. The van der Waals surface area contributed by atoms with Crippen LogP contribution in [0.3, 0.4) is 0 Å². The van der Waals surface area contributed by atoms with Crippen molar-refractivity contribution < 1.29 is 4.79 Å². The molecule has 4 heteroatoms. The zero-order valence-corrected chi connectivity index (χ0v) is 10.9. The van der Waals surface area contributed by atoms with Crippen LogP contribution in [0, 0.1) is 5.92 Å². The molecule has 1 atom stereocenters. The Balaban J connectivity index is 2.41. The fourth-order valence-electron chi connectivity index (χ4n) is 2.52. The van der Waals surface area contributed by atoms with Crippen molar-refractivity contribution in [3.63, 3.8) is 0 Å². The molecule has 1 aromatic carbocycles. The first-order valence-electron chi connectivity index (χ1n) is 5.75. The van der Waals surface area contributed by atoms with Crippen molar-refractivity contribution in [1.29, 1.82) is 0 Å². The molecule has 0 radical (unpaired) electrons. The van der Waals surface area contributed by atoms with E-state index < -0.39 is 0 Å². The van der Waals surface area contributed by atoms with Gasteiger partial charge in [-0.3, -0.25) is 4.79 Å². The summed E-state index contributed by atoms with van der Waals surface area (Å²) in [6.07, 6.45) is 0.510. The zero-order valence-electron chi connectivity index (χ0n) is 10.1. The van der Waals surface area contributed by atoms with Crippen molar-refractivity contribution in [1.82, 2.24) is 0 Å². The monoisotopic (exact) mass is 252 g/mol. The maximum atomic E-state index is 12.1. The molecule has 0 aliphatic carbocycles. The van der Waals surface area contributed by atoms with Gasteiger partial charge in [0.1, 0.15) is 0 Å². The van der Waals surface area contributed by atoms with Crippen molar-refractivity contribution in [2.24, 2.45) is 11.7 Å². The maximum Gasteiger partial charge on any atom is 0.227 e. The second-order valence-corrected chi connectivity index (χ2v) is 5.44. The van der Waals surface area contributed by atoms with Crippen LogP contribution >= 0.6 is 11.6 Å². The summed E-state index contributed by atoms with van der Waals surface area (Å²) < 4.78 is 0. The van der Waals surface area contributed by atoms with Crippen LogP contribution in [0.25, 0.3) is 0 Å². The van der Waals surface area contributed by atoms with Gasteiger partial charge in [0, 0.05) is 28.6 Å². The Morgan fingerprint density at radius 1 is 1.53 bits per heavy atom. The van der Waals surface area contributed by atoms with Gasteiger partial charge in [-0.05, 0) is 38.6 Å². The van der Waals surface area contributed by atoms with Crippen LogP contribution in [-0.4, -0.2) is 18.0 Å². The molecule has 0 aromatic heterocycles. The van der Waals surface area contributed by atoms with E-state index in [2.05, 4.69) is 13.8 Å². The minimum absolute atomic E-state index is 0.118. The molecule has 1 aliphatic rings. The topological polar surface area (TPSA) is 46.3 Å². The van der Waals surface area contributed by atoms with Crippen LogP contribution < -0.4 is 10.6 Å². The third kappa shape index (κ3) is 2.05. The summed E-state index contributed by atoms with van der Waals surface area (Å²) in [4.78, 5) is 13.9. The Kier molecular flexibility index (Phi) is 3.15. The fourth-order valence-corrected chi connectivity index (χ4v) is 2.70. The molecular formula is C13H17ClN2O. The van der Waals surface area contributed by atoms with Crippen molar-refractivity contribution in [2.75, 3.05) is 11.4 Å². The lowest BCUT2D eigenvalue weighted by atomic mass is 9.88. The summed E-state index contributed by atoms with van der Waals surface area (Å²) in [5.41, 5.74) is 6.33. The summed E-state index contributed by atoms with van der Waals surface area (Å²) in [5, 5.41) is 0.641. The van der Waals surface area contributed by atoms with E-state index in [0.717, 1.165) is 5.69 Å². The molecule has 1 fully saturated rings. The third-order valence-corrected chi connectivity index (χ3v) is 3.83. The summed E-state index contributed by atoms with van der Waals surface area (Å²) in [6, 6.07) is 7.39. The average Bonchev–Trinajstić information content (AvgIpc) is 2.48. The minimum atomic E-state index is -0.253. The Labute approximate surface area is 107 Å². The Bertz CT molecular complexity index is 445. The predicted molar refractivity (Wildman–Crippen MR) is 70.2 cm³/mol. The predicted octanol–water partition coefficient (Wildman–Crippen LogP) is 2.43. The zero-order chi connectivity index (χ0) is 12.6. The Morgan fingerprint density at radius 2 is 2.24 bits per heavy atom. The summed E-state index contributed by atoms with van der Waals surface area (Å²) >= 11 is 5.97. The molecule has 92 valence electrons. The lowest BCUT2D eigenvalue weighted by Gasteiger charge is -2.35. The second kappa shape index (κ2) is 4.31. The molecule has 1 aliphatic heterocycles. The van der Waals surface area contributed by atoms with Gasteiger partial charge in [0.05, 0.1) is 0 Å². The normalized spacial score (nSPS) is 23.2. The number of nitrogens with zero attached hydrogens (tertiary/aromatic N) is 1. The van der Waals surface area contributed by atoms with E-state index in [0.29, 0.717) is 18.0 Å². The van der Waals surface area contributed by atoms with Gasteiger partial charge >= 0.3 is 0 Å². The van der Waals surface area contributed by atoms with E-state index in [1.54, 1.807) is 6.07 Å². The first-order chi connectivity index (χ1) is 7.96. The van der Waals surface area contributed by atoms with Gasteiger partial charge in [0.15, 0.2) is 0 Å². The quantitative estimate of drug-likeness (QED) is 0.879. The van der Waals surface area contributed by atoms with Gasteiger partial charge in [-0.15, -0.1) is 0 Å². The molecule has 1 unspecified atom stereocenters. The van der Waals surface area contributed by atoms with Crippen molar-refractivity contribution in [2.45, 2.75) is 25.8 Å². The standard InChI is InChI=1S/C13H17ClN2O/c1-13(2)9(8-15)6-12(17)16(13)11-5-3-4-10(14)7-11/h3-5,7,9H,6,8,15H2,1-2H3. The highest BCUT2D eigenvalue weighted by Gasteiger charge is 2.46. The fraction of sp³-hybridized carbons (Fsp3) is 0.462. The first kappa shape index (κ1) is 12.4. The van der Waals surface area contributed by atoms with Crippen molar-refractivity contribution in [3.8, 4) is 0 Å². The molecular weight excluding hydrogens is 236 g/mol. The number of nitrogens with two attached hydrogens (primary N) is 1.